The zero-order valence-corrected chi connectivity index (χ0v) is 22.8. The van der Waals surface area contributed by atoms with Gasteiger partial charge in [-0.1, -0.05) is 24.3 Å². The Morgan fingerprint density at radius 3 is 2.08 bits per heavy atom. The Hall–Kier alpha value is -3.61. The number of hydrogen-bond acceptors (Lipinski definition) is 5. The van der Waals surface area contributed by atoms with Gasteiger partial charge in [0.05, 0.1) is 17.2 Å². The van der Waals surface area contributed by atoms with Crippen LogP contribution in [0.2, 0.25) is 0 Å². The van der Waals surface area contributed by atoms with Crippen LogP contribution in [0.25, 0.3) is 11.0 Å². The van der Waals surface area contributed by atoms with E-state index >= 15 is 0 Å². The van der Waals surface area contributed by atoms with Crippen LogP contribution in [0.3, 0.4) is 0 Å². The standard InChI is InChI=1S/C29H26BrF2N5O/c1-17-16-37(28-25(30)29(38)35(3)24-13-12-23(14-33)34-26(24)28)18(2)15-36(17)27(19-4-8-21(31)9-5-19)20-6-10-22(32)11-7-20/h4-13,17-18,27H,15-16H2,1-3H3/t17-,18+/m1/s1. The number of hydrogen-bond donors (Lipinski definition) is 0. The van der Waals surface area contributed by atoms with Gasteiger partial charge in [0, 0.05) is 32.2 Å². The maximum absolute atomic E-state index is 13.8. The highest BCUT2D eigenvalue weighted by Gasteiger charge is 2.37. The van der Waals surface area contributed by atoms with Crippen molar-refractivity contribution in [2.75, 3.05) is 18.0 Å². The third-order valence-electron chi connectivity index (χ3n) is 7.30. The summed E-state index contributed by atoms with van der Waals surface area (Å²) in [7, 11) is 1.69. The number of halogens is 3. The van der Waals surface area contributed by atoms with Crippen LogP contribution in [0.15, 0.2) is 69.9 Å². The van der Waals surface area contributed by atoms with E-state index in [1.807, 2.05) is 0 Å². The summed E-state index contributed by atoms with van der Waals surface area (Å²) in [5.41, 5.74) is 3.80. The molecule has 1 fully saturated rings. The summed E-state index contributed by atoms with van der Waals surface area (Å²) in [5.74, 6) is -0.631. The highest BCUT2D eigenvalue weighted by atomic mass is 79.9. The third kappa shape index (κ3) is 4.59. The van der Waals surface area contributed by atoms with Gasteiger partial charge in [0.1, 0.15) is 33.4 Å². The Morgan fingerprint density at radius 1 is 0.947 bits per heavy atom. The minimum atomic E-state index is -0.315. The van der Waals surface area contributed by atoms with Crippen LogP contribution < -0.4 is 10.5 Å². The second kappa shape index (κ2) is 10.3. The summed E-state index contributed by atoms with van der Waals surface area (Å²) >= 11 is 3.53. The van der Waals surface area contributed by atoms with Crippen molar-refractivity contribution >= 4 is 32.7 Å². The number of benzene rings is 2. The van der Waals surface area contributed by atoms with Gasteiger partial charge in [-0.05, 0) is 77.3 Å². The minimum Gasteiger partial charge on any atom is -0.363 e. The number of nitrogens with zero attached hydrogens (tertiary/aromatic N) is 5. The highest BCUT2D eigenvalue weighted by molar-refractivity contribution is 9.10. The second-order valence-corrected chi connectivity index (χ2v) is 10.5. The Kier molecular flexibility index (Phi) is 7.03. The van der Waals surface area contributed by atoms with E-state index < -0.39 is 0 Å². The van der Waals surface area contributed by atoms with Crippen molar-refractivity contribution in [1.82, 2.24) is 14.5 Å². The van der Waals surface area contributed by atoms with Crippen molar-refractivity contribution in [3.05, 3.63) is 104 Å². The van der Waals surface area contributed by atoms with Crippen LogP contribution in [0.5, 0.6) is 0 Å². The molecule has 3 heterocycles. The Morgan fingerprint density at radius 2 is 1.53 bits per heavy atom. The highest BCUT2D eigenvalue weighted by Crippen LogP contribution is 2.38. The first kappa shape index (κ1) is 26.0. The van der Waals surface area contributed by atoms with E-state index in [-0.39, 0.29) is 41.0 Å². The van der Waals surface area contributed by atoms with Crippen molar-refractivity contribution in [2.24, 2.45) is 7.05 Å². The van der Waals surface area contributed by atoms with Gasteiger partial charge in [0.25, 0.3) is 5.56 Å². The van der Waals surface area contributed by atoms with Gasteiger partial charge in [0.15, 0.2) is 0 Å². The fraction of sp³-hybridized carbons (Fsp3) is 0.276. The average Bonchev–Trinajstić information content (AvgIpc) is 2.91. The molecular formula is C29H26BrF2N5O. The summed E-state index contributed by atoms with van der Waals surface area (Å²) in [5, 5.41) is 9.47. The van der Waals surface area contributed by atoms with Crippen LogP contribution in [0.1, 0.15) is 36.7 Å². The lowest BCUT2D eigenvalue weighted by Gasteiger charge is -2.48. The molecule has 0 N–H and O–H groups in total. The molecule has 2 atom stereocenters. The molecule has 0 radical (unpaired) electrons. The van der Waals surface area contributed by atoms with E-state index in [2.05, 4.69) is 50.6 Å². The normalized spacial score (nSPS) is 18.2. The molecule has 1 saturated heterocycles. The number of fused-ring (bicyclic) bond motifs is 1. The lowest BCUT2D eigenvalue weighted by molar-refractivity contribution is 0.130. The molecular weight excluding hydrogens is 552 g/mol. The molecule has 0 amide bonds. The van der Waals surface area contributed by atoms with Gasteiger partial charge in [-0.2, -0.15) is 5.26 Å². The molecule has 0 aliphatic carbocycles. The quantitative estimate of drug-likeness (QED) is 0.319. The maximum atomic E-state index is 13.8. The number of pyridine rings is 2. The molecule has 38 heavy (non-hydrogen) atoms. The molecule has 0 saturated carbocycles. The van der Waals surface area contributed by atoms with E-state index in [9.17, 15) is 18.8 Å². The van der Waals surface area contributed by atoms with E-state index in [1.165, 1.54) is 28.8 Å². The Labute approximate surface area is 227 Å². The van der Waals surface area contributed by atoms with Crippen LogP contribution in [-0.4, -0.2) is 39.6 Å². The summed E-state index contributed by atoms with van der Waals surface area (Å²) < 4.78 is 29.5. The van der Waals surface area contributed by atoms with E-state index in [0.29, 0.717) is 34.3 Å². The molecule has 0 spiro atoms. The van der Waals surface area contributed by atoms with Crippen LogP contribution >= 0.6 is 15.9 Å². The molecule has 4 aromatic rings. The largest absolute Gasteiger partial charge is 0.363 e. The molecule has 1 aliphatic rings. The minimum absolute atomic E-state index is 0.00327. The first-order chi connectivity index (χ1) is 18.2. The molecule has 2 aromatic heterocycles. The number of anilines is 1. The molecule has 0 unspecified atom stereocenters. The summed E-state index contributed by atoms with van der Waals surface area (Å²) in [6.45, 7) is 5.36. The summed E-state index contributed by atoms with van der Waals surface area (Å²) in [4.78, 5) is 22.2. The molecule has 9 heteroatoms. The van der Waals surface area contributed by atoms with Gasteiger partial charge >= 0.3 is 0 Å². The third-order valence-corrected chi connectivity index (χ3v) is 8.01. The number of piperazine rings is 1. The fourth-order valence-corrected chi connectivity index (χ4v) is 6.05. The predicted molar refractivity (Wildman–Crippen MR) is 147 cm³/mol. The smallest absolute Gasteiger partial charge is 0.267 e. The lowest BCUT2D eigenvalue weighted by Crippen LogP contribution is -2.57. The fourth-order valence-electron chi connectivity index (χ4n) is 5.37. The van der Waals surface area contributed by atoms with Gasteiger partial charge in [-0.3, -0.25) is 9.69 Å². The van der Waals surface area contributed by atoms with Crippen molar-refractivity contribution in [3.63, 3.8) is 0 Å². The van der Waals surface area contributed by atoms with Crippen molar-refractivity contribution in [3.8, 4) is 6.07 Å². The molecule has 6 nitrogen and oxygen atoms in total. The SMILES string of the molecule is C[C@@H]1CN(c2c(Br)c(=O)n(C)c3ccc(C#N)nc23)[C@@H](C)CN1C(c1ccc(F)cc1)c1ccc(F)cc1. The molecule has 2 aromatic carbocycles. The summed E-state index contributed by atoms with van der Waals surface area (Å²) in [6.07, 6.45) is 0. The predicted octanol–water partition coefficient (Wildman–Crippen LogP) is 5.53. The average molecular weight is 578 g/mol. The van der Waals surface area contributed by atoms with Crippen LogP contribution in [0.4, 0.5) is 14.5 Å². The van der Waals surface area contributed by atoms with Crippen LogP contribution in [-0.2, 0) is 7.05 Å². The first-order valence-corrected chi connectivity index (χ1v) is 13.1. The van der Waals surface area contributed by atoms with Crippen molar-refractivity contribution in [2.45, 2.75) is 32.0 Å². The Balaban J connectivity index is 1.58. The number of aryl methyl sites for hydroxylation is 1. The van der Waals surface area contributed by atoms with Gasteiger partial charge in [0.2, 0.25) is 0 Å². The number of rotatable bonds is 4. The van der Waals surface area contributed by atoms with E-state index in [1.54, 1.807) is 43.4 Å². The van der Waals surface area contributed by atoms with Gasteiger partial charge < -0.3 is 9.47 Å². The van der Waals surface area contributed by atoms with Gasteiger partial charge in [-0.25, -0.2) is 13.8 Å². The van der Waals surface area contributed by atoms with Crippen LogP contribution in [0, 0.1) is 23.0 Å². The number of aromatic nitrogens is 2. The van der Waals surface area contributed by atoms with E-state index in [4.69, 9.17) is 0 Å². The zero-order valence-electron chi connectivity index (χ0n) is 21.2. The molecule has 5 rings (SSSR count). The number of nitriles is 1. The first-order valence-electron chi connectivity index (χ1n) is 12.3. The maximum Gasteiger partial charge on any atom is 0.267 e. The molecule has 1 aliphatic heterocycles. The van der Waals surface area contributed by atoms with Gasteiger partial charge in [-0.15, -0.1) is 0 Å². The lowest BCUT2D eigenvalue weighted by atomic mass is 9.93. The zero-order chi connectivity index (χ0) is 27.1. The van der Waals surface area contributed by atoms with Crippen molar-refractivity contribution in [1.29, 1.82) is 5.26 Å². The van der Waals surface area contributed by atoms with Crippen molar-refractivity contribution < 1.29 is 8.78 Å². The monoisotopic (exact) mass is 577 g/mol. The summed E-state index contributed by atoms with van der Waals surface area (Å²) in [6, 6.07) is 18.0. The molecule has 0 bridgehead atoms. The second-order valence-electron chi connectivity index (χ2n) is 9.76. The molecule has 194 valence electrons. The topological polar surface area (TPSA) is 65.2 Å². The Bertz CT molecular complexity index is 1550. The van der Waals surface area contributed by atoms with E-state index in [0.717, 1.165) is 11.1 Å².